The molecule has 140 valence electrons. The highest BCUT2D eigenvalue weighted by molar-refractivity contribution is 5.74. The van der Waals surface area contributed by atoms with Crippen molar-refractivity contribution in [3.05, 3.63) is 53.1 Å². The van der Waals surface area contributed by atoms with Crippen LogP contribution in [0.1, 0.15) is 17.0 Å². The van der Waals surface area contributed by atoms with Crippen molar-refractivity contribution in [1.82, 2.24) is 24.7 Å². The van der Waals surface area contributed by atoms with E-state index in [1.54, 1.807) is 18.0 Å². The summed E-state index contributed by atoms with van der Waals surface area (Å²) < 4.78 is 29.7. The summed E-state index contributed by atoms with van der Waals surface area (Å²) in [5.41, 5.74) is 0.255. The predicted molar refractivity (Wildman–Crippen MR) is 93.4 cm³/mol. The highest BCUT2D eigenvalue weighted by Crippen LogP contribution is 2.16. The van der Waals surface area contributed by atoms with Gasteiger partial charge in [0, 0.05) is 51.2 Å². The van der Waals surface area contributed by atoms with Gasteiger partial charge in [-0.05, 0) is 18.6 Å². The molecule has 6 nitrogen and oxygen atoms in total. The number of amides is 2. The third kappa shape index (κ3) is 4.01. The standard InChI is InChI=1S/C18H23F2N5O/c1-13-3-4-15(19)14(17(13)20)11-22-18(26)25-9-7-24(8-10-25)12-16-21-5-6-23(16)2/h3-6H,7-12H2,1-2H3,(H,22,26). The molecule has 8 heteroatoms. The van der Waals surface area contributed by atoms with Crippen LogP contribution < -0.4 is 5.32 Å². The third-order valence-corrected chi connectivity index (χ3v) is 4.74. The second kappa shape index (κ2) is 7.82. The number of aryl methyl sites for hydroxylation is 2. The number of carbonyl (C=O) groups excluding carboxylic acids is 1. The summed E-state index contributed by atoms with van der Waals surface area (Å²) in [5.74, 6) is -0.272. The lowest BCUT2D eigenvalue weighted by Gasteiger charge is -2.34. The first-order valence-electron chi connectivity index (χ1n) is 8.60. The summed E-state index contributed by atoms with van der Waals surface area (Å²) >= 11 is 0. The molecule has 2 amide bonds. The Morgan fingerprint density at radius 1 is 1.23 bits per heavy atom. The lowest BCUT2D eigenvalue weighted by atomic mass is 10.1. The Bertz CT molecular complexity index is 784. The van der Waals surface area contributed by atoms with E-state index in [0.29, 0.717) is 18.7 Å². The highest BCUT2D eigenvalue weighted by Gasteiger charge is 2.22. The summed E-state index contributed by atoms with van der Waals surface area (Å²) in [6.07, 6.45) is 3.67. The van der Waals surface area contributed by atoms with E-state index >= 15 is 0 Å². The summed E-state index contributed by atoms with van der Waals surface area (Å²) in [4.78, 5) is 20.5. The molecule has 2 heterocycles. The molecule has 1 aromatic heterocycles. The Labute approximate surface area is 151 Å². The first-order chi connectivity index (χ1) is 12.5. The topological polar surface area (TPSA) is 53.4 Å². The normalized spacial score (nSPS) is 15.3. The summed E-state index contributed by atoms with van der Waals surface area (Å²) in [6.45, 7) is 4.73. The number of hydrogen-bond acceptors (Lipinski definition) is 3. The van der Waals surface area contributed by atoms with Crippen molar-refractivity contribution in [2.24, 2.45) is 7.05 Å². The molecule has 0 radical (unpaired) electrons. The number of halogens is 2. The molecule has 2 aromatic rings. The Hall–Kier alpha value is -2.48. The summed E-state index contributed by atoms with van der Waals surface area (Å²) in [6, 6.07) is 2.30. The number of imidazole rings is 1. The van der Waals surface area contributed by atoms with E-state index < -0.39 is 11.6 Å². The van der Waals surface area contributed by atoms with Crippen molar-refractivity contribution in [2.75, 3.05) is 26.2 Å². The zero-order valence-corrected chi connectivity index (χ0v) is 15.0. The van der Waals surface area contributed by atoms with Gasteiger partial charge >= 0.3 is 6.03 Å². The van der Waals surface area contributed by atoms with Gasteiger partial charge in [0.05, 0.1) is 13.1 Å². The second-order valence-corrected chi connectivity index (χ2v) is 6.53. The molecule has 26 heavy (non-hydrogen) atoms. The summed E-state index contributed by atoms with van der Waals surface area (Å²) in [5, 5.41) is 2.62. The predicted octanol–water partition coefficient (Wildman–Crippen LogP) is 2.03. The van der Waals surface area contributed by atoms with Crippen LogP contribution in [0.2, 0.25) is 0 Å². The van der Waals surface area contributed by atoms with Gasteiger partial charge in [0.15, 0.2) is 0 Å². The van der Waals surface area contributed by atoms with Crippen molar-refractivity contribution in [3.8, 4) is 0 Å². The van der Waals surface area contributed by atoms with Crippen molar-refractivity contribution < 1.29 is 13.6 Å². The maximum absolute atomic E-state index is 14.0. The van der Waals surface area contributed by atoms with Crippen LogP contribution in [-0.2, 0) is 20.1 Å². The molecule has 3 rings (SSSR count). The zero-order valence-electron chi connectivity index (χ0n) is 15.0. The van der Waals surface area contributed by atoms with Crippen molar-refractivity contribution in [1.29, 1.82) is 0 Å². The number of rotatable bonds is 4. The lowest BCUT2D eigenvalue weighted by Crippen LogP contribution is -2.51. The van der Waals surface area contributed by atoms with Gasteiger partial charge in [0.2, 0.25) is 0 Å². The minimum absolute atomic E-state index is 0.105. The van der Waals surface area contributed by atoms with Crippen molar-refractivity contribution >= 4 is 6.03 Å². The SMILES string of the molecule is Cc1ccc(F)c(CNC(=O)N2CCN(Cc3nccn3C)CC2)c1F. The number of nitrogens with one attached hydrogen (secondary N) is 1. The molecule has 0 saturated carbocycles. The number of urea groups is 1. The number of carbonyl (C=O) groups is 1. The monoisotopic (exact) mass is 363 g/mol. The molecule has 1 N–H and O–H groups in total. The largest absolute Gasteiger partial charge is 0.337 e. The number of benzene rings is 1. The van der Waals surface area contributed by atoms with Crippen LogP contribution in [0.15, 0.2) is 24.5 Å². The quantitative estimate of drug-likeness (QED) is 0.904. The zero-order chi connectivity index (χ0) is 18.7. The smallest absolute Gasteiger partial charge is 0.317 e. The summed E-state index contributed by atoms with van der Waals surface area (Å²) in [7, 11) is 1.95. The van der Waals surface area contributed by atoms with Gasteiger partial charge in [-0.1, -0.05) is 6.07 Å². The van der Waals surface area contributed by atoms with Gasteiger partial charge in [-0.2, -0.15) is 0 Å². The van der Waals surface area contributed by atoms with Gasteiger partial charge < -0.3 is 14.8 Å². The van der Waals surface area contributed by atoms with E-state index in [1.807, 2.05) is 17.8 Å². The molecule has 1 saturated heterocycles. The van der Waals surface area contributed by atoms with Crippen LogP contribution in [0.5, 0.6) is 0 Å². The van der Waals surface area contributed by atoms with E-state index in [-0.39, 0.29) is 18.1 Å². The Morgan fingerprint density at radius 3 is 2.62 bits per heavy atom. The van der Waals surface area contributed by atoms with Crippen LogP contribution >= 0.6 is 0 Å². The number of aromatic nitrogens is 2. The molecular formula is C18H23F2N5O. The Kier molecular flexibility index (Phi) is 5.51. The van der Waals surface area contributed by atoms with Gasteiger partial charge in [-0.25, -0.2) is 18.6 Å². The van der Waals surface area contributed by atoms with Gasteiger partial charge in [-0.3, -0.25) is 4.90 Å². The molecule has 0 bridgehead atoms. The Balaban J connectivity index is 1.50. The van der Waals surface area contributed by atoms with Crippen LogP contribution in [0.3, 0.4) is 0 Å². The maximum atomic E-state index is 14.0. The van der Waals surface area contributed by atoms with E-state index in [1.165, 1.54) is 12.1 Å². The highest BCUT2D eigenvalue weighted by atomic mass is 19.1. The lowest BCUT2D eigenvalue weighted by molar-refractivity contribution is 0.132. The van der Waals surface area contributed by atoms with Crippen molar-refractivity contribution in [3.63, 3.8) is 0 Å². The first-order valence-corrected chi connectivity index (χ1v) is 8.60. The molecule has 1 aliphatic rings. The molecular weight excluding hydrogens is 340 g/mol. The molecule has 1 fully saturated rings. The maximum Gasteiger partial charge on any atom is 0.317 e. The molecule has 0 unspecified atom stereocenters. The van der Waals surface area contributed by atoms with E-state index in [0.717, 1.165) is 25.5 Å². The van der Waals surface area contributed by atoms with E-state index in [2.05, 4.69) is 15.2 Å². The number of hydrogen-bond donors (Lipinski definition) is 1. The average Bonchev–Trinajstić information content (AvgIpc) is 3.03. The molecule has 0 spiro atoms. The fraction of sp³-hybridized carbons (Fsp3) is 0.444. The van der Waals surface area contributed by atoms with Crippen LogP contribution in [0.4, 0.5) is 13.6 Å². The fourth-order valence-electron chi connectivity index (χ4n) is 3.01. The number of piperazine rings is 1. The molecule has 1 aliphatic heterocycles. The number of nitrogens with zero attached hydrogens (tertiary/aromatic N) is 4. The van der Waals surface area contributed by atoms with Gasteiger partial charge in [0.1, 0.15) is 17.5 Å². The molecule has 1 aromatic carbocycles. The minimum Gasteiger partial charge on any atom is -0.337 e. The van der Waals surface area contributed by atoms with Gasteiger partial charge in [-0.15, -0.1) is 0 Å². The van der Waals surface area contributed by atoms with E-state index in [4.69, 9.17) is 0 Å². The third-order valence-electron chi connectivity index (χ3n) is 4.74. The van der Waals surface area contributed by atoms with Crippen LogP contribution in [0, 0.1) is 18.6 Å². The van der Waals surface area contributed by atoms with E-state index in [9.17, 15) is 13.6 Å². The fourth-order valence-corrected chi connectivity index (χ4v) is 3.01. The minimum atomic E-state index is -0.645. The molecule has 0 atom stereocenters. The average molecular weight is 363 g/mol. The van der Waals surface area contributed by atoms with Crippen LogP contribution in [-0.4, -0.2) is 51.6 Å². The second-order valence-electron chi connectivity index (χ2n) is 6.53. The first kappa shape index (κ1) is 18.3. The van der Waals surface area contributed by atoms with Gasteiger partial charge in [0.25, 0.3) is 0 Å². The Morgan fingerprint density at radius 2 is 1.96 bits per heavy atom. The molecule has 0 aliphatic carbocycles. The van der Waals surface area contributed by atoms with Crippen molar-refractivity contribution in [2.45, 2.75) is 20.0 Å². The van der Waals surface area contributed by atoms with Crippen LogP contribution in [0.25, 0.3) is 0 Å².